The molecule has 0 fully saturated rings. The molecule has 0 atom stereocenters. The lowest BCUT2D eigenvalue weighted by Crippen LogP contribution is -2.16. The maximum atomic E-state index is 12.5. The zero-order chi connectivity index (χ0) is 19.4. The lowest BCUT2D eigenvalue weighted by molar-refractivity contribution is -0.137. The van der Waals surface area contributed by atoms with Crippen molar-refractivity contribution in [2.75, 3.05) is 5.32 Å². The molecule has 2 aromatic carbocycles. The Morgan fingerprint density at radius 2 is 1.93 bits per heavy atom. The predicted molar refractivity (Wildman–Crippen MR) is 103 cm³/mol. The van der Waals surface area contributed by atoms with Crippen LogP contribution in [0.25, 0.3) is 22.3 Å². The number of aliphatic carboxylic acids is 1. The highest BCUT2D eigenvalue weighted by Crippen LogP contribution is 2.28. The molecule has 3 N–H and O–H groups in total. The number of benzene rings is 2. The molecule has 27 heavy (non-hydrogen) atoms. The molecule has 0 aliphatic carbocycles. The van der Waals surface area contributed by atoms with E-state index in [1.165, 1.54) is 6.07 Å². The maximum absolute atomic E-state index is 12.5. The number of para-hydroxylation sites is 2. The van der Waals surface area contributed by atoms with Crippen molar-refractivity contribution < 1.29 is 14.7 Å². The van der Waals surface area contributed by atoms with Gasteiger partial charge in [0, 0.05) is 23.4 Å². The van der Waals surface area contributed by atoms with Crippen molar-refractivity contribution >= 4 is 40.2 Å². The largest absolute Gasteiger partial charge is 0.481 e. The summed E-state index contributed by atoms with van der Waals surface area (Å²) in [5.74, 6) is -1.32. The topological polar surface area (TPSA) is 112 Å². The Kier molecular flexibility index (Phi) is 5.52. The standard InChI is InChI=1S/C19H16ClN3O4/c20-11-8-9-12(15(10-11)21-16(24)6-3-7-17(25)26)18-19(27)23-14-5-2-1-4-13(14)22-18/h1-2,4-5,8-10H,3,6-7H2,(H,21,24)(H,23,27)(H,25,26). The van der Waals surface area contributed by atoms with Gasteiger partial charge >= 0.3 is 5.97 Å². The second-order valence-electron chi connectivity index (χ2n) is 5.92. The molecule has 7 nitrogen and oxygen atoms in total. The van der Waals surface area contributed by atoms with E-state index in [4.69, 9.17) is 16.7 Å². The molecule has 0 aliphatic heterocycles. The van der Waals surface area contributed by atoms with Gasteiger partial charge in [-0.25, -0.2) is 4.98 Å². The van der Waals surface area contributed by atoms with Crippen LogP contribution in [0, 0.1) is 0 Å². The fraction of sp³-hybridized carbons (Fsp3) is 0.158. The molecule has 0 unspecified atom stereocenters. The monoisotopic (exact) mass is 385 g/mol. The molecule has 0 saturated heterocycles. The fourth-order valence-corrected chi connectivity index (χ4v) is 2.82. The van der Waals surface area contributed by atoms with Crippen LogP contribution in [0.4, 0.5) is 5.69 Å². The summed E-state index contributed by atoms with van der Waals surface area (Å²) >= 11 is 6.03. The molecular formula is C19H16ClN3O4. The van der Waals surface area contributed by atoms with Crippen molar-refractivity contribution in [1.82, 2.24) is 9.97 Å². The highest BCUT2D eigenvalue weighted by atomic mass is 35.5. The number of hydrogen-bond acceptors (Lipinski definition) is 4. The minimum Gasteiger partial charge on any atom is -0.481 e. The van der Waals surface area contributed by atoms with Crippen molar-refractivity contribution in [3.63, 3.8) is 0 Å². The molecule has 1 amide bonds. The zero-order valence-corrected chi connectivity index (χ0v) is 14.9. The van der Waals surface area contributed by atoms with Gasteiger partial charge in [-0.3, -0.25) is 14.4 Å². The van der Waals surface area contributed by atoms with Crippen LogP contribution in [0.5, 0.6) is 0 Å². The van der Waals surface area contributed by atoms with Gasteiger partial charge in [-0.15, -0.1) is 0 Å². The average molecular weight is 386 g/mol. The first-order valence-electron chi connectivity index (χ1n) is 8.24. The smallest absolute Gasteiger partial charge is 0.303 e. The number of carboxylic acids is 1. The summed E-state index contributed by atoms with van der Waals surface area (Å²) in [4.78, 5) is 42.4. The number of halogens is 1. The Labute approximate surface area is 159 Å². The zero-order valence-electron chi connectivity index (χ0n) is 14.2. The Morgan fingerprint density at radius 3 is 2.70 bits per heavy atom. The molecule has 0 radical (unpaired) electrons. The van der Waals surface area contributed by atoms with Crippen LogP contribution >= 0.6 is 11.6 Å². The molecule has 1 aromatic heterocycles. The summed E-state index contributed by atoms with van der Waals surface area (Å²) in [6.45, 7) is 0. The predicted octanol–water partition coefficient (Wildman–Crippen LogP) is 3.44. The van der Waals surface area contributed by atoms with Crippen LogP contribution in [-0.2, 0) is 9.59 Å². The molecule has 0 spiro atoms. The molecule has 3 rings (SSSR count). The molecule has 138 valence electrons. The van der Waals surface area contributed by atoms with E-state index >= 15 is 0 Å². The number of carboxylic acid groups (broad SMARTS) is 1. The highest BCUT2D eigenvalue weighted by Gasteiger charge is 2.15. The van der Waals surface area contributed by atoms with Gasteiger partial charge in [-0.2, -0.15) is 0 Å². The van der Waals surface area contributed by atoms with Gasteiger partial charge in [0.15, 0.2) is 0 Å². The lowest BCUT2D eigenvalue weighted by Gasteiger charge is -2.11. The number of nitrogens with zero attached hydrogens (tertiary/aromatic N) is 1. The van der Waals surface area contributed by atoms with Gasteiger partial charge in [0.1, 0.15) is 5.69 Å². The van der Waals surface area contributed by atoms with Gasteiger partial charge in [0.2, 0.25) is 5.91 Å². The number of amides is 1. The Bertz CT molecular complexity index is 1080. The number of H-pyrrole nitrogens is 1. The number of rotatable bonds is 6. The van der Waals surface area contributed by atoms with E-state index < -0.39 is 11.5 Å². The maximum Gasteiger partial charge on any atom is 0.303 e. The van der Waals surface area contributed by atoms with Crippen LogP contribution in [0.3, 0.4) is 0 Å². The molecule has 0 saturated carbocycles. The van der Waals surface area contributed by atoms with Crippen LogP contribution in [-0.4, -0.2) is 27.0 Å². The summed E-state index contributed by atoms with van der Waals surface area (Å²) in [6, 6.07) is 11.9. The Hall–Kier alpha value is -3.19. The molecule has 0 aliphatic rings. The van der Waals surface area contributed by atoms with Crippen LogP contribution in [0.15, 0.2) is 47.3 Å². The van der Waals surface area contributed by atoms with Gasteiger partial charge in [0.25, 0.3) is 5.56 Å². The van der Waals surface area contributed by atoms with Gasteiger partial charge in [-0.1, -0.05) is 23.7 Å². The SMILES string of the molecule is O=C(O)CCCC(=O)Nc1cc(Cl)ccc1-c1nc2ccccc2[nH]c1=O. The van der Waals surface area contributed by atoms with Crippen LogP contribution in [0.2, 0.25) is 5.02 Å². The summed E-state index contributed by atoms with van der Waals surface area (Å²) in [5.41, 5.74) is 1.76. The first kappa shape index (κ1) is 18.6. The van der Waals surface area contributed by atoms with E-state index in [0.29, 0.717) is 27.3 Å². The normalized spacial score (nSPS) is 10.7. The minimum atomic E-state index is -0.960. The van der Waals surface area contributed by atoms with E-state index in [2.05, 4.69) is 15.3 Å². The van der Waals surface area contributed by atoms with Gasteiger partial charge in [-0.05, 0) is 36.8 Å². The van der Waals surface area contributed by atoms with Crippen molar-refractivity contribution in [3.05, 3.63) is 57.8 Å². The van der Waals surface area contributed by atoms with Crippen LogP contribution < -0.4 is 10.9 Å². The third-order valence-electron chi connectivity index (χ3n) is 3.90. The molecule has 1 heterocycles. The number of anilines is 1. The van der Waals surface area contributed by atoms with Crippen molar-refractivity contribution in [2.24, 2.45) is 0 Å². The van der Waals surface area contributed by atoms with Crippen molar-refractivity contribution in [2.45, 2.75) is 19.3 Å². The number of fused-ring (bicyclic) bond motifs is 1. The quantitative estimate of drug-likeness (QED) is 0.601. The first-order valence-corrected chi connectivity index (χ1v) is 8.62. The minimum absolute atomic E-state index is 0.0414. The number of aromatic amines is 1. The third kappa shape index (κ3) is 4.51. The Morgan fingerprint density at radius 1 is 1.15 bits per heavy atom. The fourth-order valence-electron chi connectivity index (χ4n) is 2.65. The summed E-state index contributed by atoms with van der Waals surface area (Å²) < 4.78 is 0. The van der Waals surface area contributed by atoms with E-state index in [1.54, 1.807) is 30.3 Å². The van der Waals surface area contributed by atoms with E-state index in [0.717, 1.165) is 0 Å². The average Bonchev–Trinajstić information content (AvgIpc) is 2.61. The van der Waals surface area contributed by atoms with Crippen LogP contribution in [0.1, 0.15) is 19.3 Å². The summed E-state index contributed by atoms with van der Waals surface area (Å²) in [7, 11) is 0. The highest BCUT2D eigenvalue weighted by molar-refractivity contribution is 6.31. The second kappa shape index (κ2) is 8.01. The first-order chi connectivity index (χ1) is 12.9. The third-order valence-corrected chi connectivity index (χ3v) is 4.14. The van der Waals surface area contributed by atoms with E-state index in [9.17, 15) is 14.4 Å². The Balaban J connectivity index is 1.95. The van der Waals surface area contributed by atoms with Crippen molar-refractivity contribution in [3.8, 4) is 11.3 Å². The number of carbonyl (C=O) groups excluding carboxylic acids is 1. The molecule has 3 aromatic rings. The second-order valence-corrected chi connectivity index (χ2v) is 6.35. The molecule has 8 heteroatoms. The molecular weight excluding hydrogens is 370 g/mol. The number of aromatic nitrogens is 2. The summed E-state index contributed by atoms with van der Waals surface area (Å²) in [5, 5.41) is 11.7. The number of nitrogens with one attached hydrogen (secondary N) is 2. The van der Waals surface area contributed by atoms with E-state index in [-0.39, 0.29) is 30.9 Å². The van der Waals surface area contributed by atoms with Gasteiger partial charge < -0.3 is 15.4 Å². The van der Waals surface area contributed by atoms with E-state index in [1.807, 2.05) is 6.07 Å². The van der Waals surface area contributed by atoms with Gasteiger partial charge in [0.05, 0.1) is 16.7 Å². The van der Waals surface area contributed by atoms with Crippen molar-refractivity contribution in [1.29, 1.82) is 0 Å². The number of carbonyl (C=O) groups is 2. The summed E-state index contributed by atoms with van der Waals surface area (Å²) in [6.07, 6.45) is 0.160. The number of hydrogen-bond donors (Lipinski definition) is 3. The molecule has 0 bridgehead atoms. The lowest BCUT2D eigenvalue weighted by atomic mass is 10.1.